The van der Waals surface area contributed by atoms with Crippen LogP contribution in [0, 0.1) is 5.41 Å². The third-order valence-electron chi connectivity index (χ3n) is 8.71. The van der Waals surface area contributed by atoms with Gasteiger partial charge in [-0.2, -0.15) is 0 Å². The summed E-state index contributed by atoms with van der Waals surface area (Å²) in [5.41, 5.74) is 4.80. The van der Waals surface area contributed by atoms with Crippen molar-refractivity contribution < 1.29 is 24.2 Å². The standard InChI is InChI=1S/C31H31BrN2O5/c32-27-16-33-14-10-26(27)31(39-18-28(35)36)13-12-30(19-31)11-5-15-34(20-30)29(37)38-17-25-23-8-3-1-6-21(23)22-7-2-4-9-24(22)25/h1-4,6-10,14,16,25H,5,11-13,15,17-20H2,(H,35,36). The average molecular weight is 592 g/mol. The molecular weight excluding hydrogens is 560 g/mol. The number of aromatic nitrogens is 1. The van der Waals surface area contributed by atoms with Crippen LogP contribution in [0.3, 0.4) is 0 Å². The molecule has 2 aromatic carbocycles. The van der Waals surface area contributed by atoms with Crippen molar-refractivity contribution in [3.63, 3.8) is 0 Å². The van der Waals surface area contributed by atoms with E-state index in [0.29, 0.717) is 32.5 Å². The molecule has 2 aliphatic carbocycles. The number of piperidine rings is 1. The molecule has 1 N–H and O–H groups in total. The smallest absolute Gasteiger partial charge is 0.409 e. The average Bonchev–Trinajstić information content (AvgIpc) is 3.47. The monoisotopic (exact) mass is 590 g/mol. The van der Waals surface area contributed by atoms with Gasteiger partial charge in [0.15, 0.2) is 0 Å². The number of ether oxygens (including phenoxy) is 2. The number of hydrogen-bond donors (Lipinski definition) is 1. The molecule has 39 heavy (non-hydrogen) atoms. The first kappa shape index (κ1) is 26.0. The number of carboxylic acids is 1. The first-order valence-corrected chi connectivity index (χ1v) is 14.2. The Hall–Kier alpha value is -3.23. The number of pyridine rings is 1. The molecule has 2 atom stereocenters. The zero-order valence-electron chi connectivity index (χ0n) is 21.6. The van der Waals surface area contributed by atoms with E-state index in [1.807, 2.05) is 35.2 Å². The van der Waals surface area contributed by atoms with Crippen LogP contribution in [0.15, 0.2) is 71.5 Å². The fourth-order valence-electron chi connectivity index (χ4n) is 7.02. The quantitative estimate of drug-likeness (QED) is 0.359. The van der Waals surface area contributed by atoms with Crippen molar-refractivity contribution in [2.45, 2.75) is 43.6 Å². The minimum atomic E-state index is -0.996. The molecule has 1 aromatic heterocycles. The number of amides is 1. The summed E-state index contributed by atoms with van der Waals surface area (Å²) in [7, 11) is 0. The molecular formula is C31H31BrN2O5. The van der Waals surface area contributed by atoms with Gasteiger partial charge in [0.25, 0.3) is 0 Å². The molecule has 0 radical (unpaired) electrons. The van der Waals surface area contributed by atoms with E-state index in [9.17, 15) is 14.7 Å². The fourth-order valence-corrected chi connectivity index (χ4v) is 7.63. The molecule has 1 amide bonds. The van der Waals surface area contributed by atoms with E-state index in [4.69, 9.17) is 9.47 Å². The fraction of sp³-hybridized carbons (Fsp3) is 0.387. The molecule has 3 aromatic rings. The summed E-state index contributed by atoms with van der Waals surface area (Å²) in [5, 5.41) is 9.37. The van der Waals surface area contributed by atoms with Crippen LogP contribution in [-0.2, 0) is 19.9 Å². The Kier molecular flexibility index (Phi) is 6.93. The molecule has 3 aliphatic rings. The van der Waals surface area contributed by atoms with Crippen LogP contribution in [0.2, 0.25) is 0 Å². The number of nitrogens with zero attached hydrogens (tertiary/aromatic N) is 2. The second-order valence-electron chi connectivity index (χ2n) is 11.0. The minimum absolute atomic E-state index is 0.0210. The van der Waals surface area contributed by atoms with Crippen molar-refractivity contribution in [3.8, 4) is 11.1 Å². The SMILES string of the molecule is O=C(O)COC1(c2ccncc2Br)CCC2(CCCN(C(=O)OCC3c4ccccc4-c4ccccc43)C2)C1. The van der Waals surface area contributed by atoms with Crippen molar-refractivity contribution >= 4 is 28.0 Å². The second kappa shape index (κ2) is 10.4. The van der Waals surface area contributed by atoms with Crippen LogP contribution < -0.4 is 0 Å². The highest BCUT2D eigenvalue weighted by Crippen LogP contribution is 2.56. The van der Waals surface area contributed by atoms with E-state index in [2.05, 4.69) is 45.2 Å². The number of fused-ring (bicyclic) bond motifs is 3. The number of likely N-dealkylation sites (tertiary alicyclic amines) is 1. The summed E-state index contributed by atoms with van der Waals surface area (Å²) in [6.45, 7) is 1.15. The van der Waals surface area contributed by atoms with Gasteiger partial charge in [0.1, 0.15) is 13.2 Å². The normalized spacial score (nSPS) is 24.0. The molecule has 202 valence electrons. The van der Waals surface area contributed by atoms with Gasteiger partial charge in [-0.15, -0.1) is 0 Å². The van der Waals surface area contributed by atoms with Gasteiger partial charge >= 0.3 is 12.1 Å². The Morgan fingerprint density at radius 1 is 1.03 bits per heavy atom. The number of halogens is 1. The summed E-state index contributed by atoms with van der Waals surface area (Å²) in [6.07, 6.45) is 7.14. The van der Waals surface area contributed by atoms with Gasteiger partial charge in [-0.3, -0.25) is 4.98 Å². The van der Waals surface area contributed by atoms with E-state index >= 15 is 0 Å². The molecule has 1 saturated carbocycles. The topological polar surface area (TPSA) is 89.0 Å². The lowest BCUT2D eigenvalue weighted by molar-refractivity contribution is -0.151. The van der Waals surface area contributed by atoms with Gasteiger partial charge in [-0.1, -0.05) is 48.5 Å². The summed E-state index contributed by atoms with van der Waals surface area (Å²) in [5.74, 6) is -0.975. The van der Waals surface area contributed by atoms with Gasteiger partial charge in [-0.05, 0) is 81.8 Å². The maximum absolute atomic E-state index is 13.4. The predicted molar refractivity (Wildman–Crippen MR) is 149 cm³/mol. The Labute approximate surface area is 236 Å². The molecule has 7 nitrogen and oxygen atoms in total. The van der Waals surface area contributed by atoms with Crippen LogP contribution >= 0.6 is 15.9 Å². The lowest BCUT2D eigenvalue weighted by atomic mass is 9.76. The lowest BCUT2D eigenvalue weighted by Crippen LogP contribution is -2.46. The van der Waals surface area contributed by atoms with Crippen LogP contribution in [0.5, 0.6) is 0 Å². The number of carboxylic acid groups (broad SMARTS) is 1. The van der Waals surface area contributed by atoms with E-state index in [-0.39, 0.29) is 24.0 Å². The van der Waals surface area contributed by atoms with Crippen molar-refractivity contribution in [1.29, 1.82) is 0 Å². The molecule has 1 aliphatic heterocycles. The summed E-state index contributed by atoms with van der Waals surface area (Å²) in [4.78, 5) is 30.9. The van der Waals surface area contributed by atoms with Gasteiger partial charge in [0, 0.05) is 41.4 Å². The predicted octanol–water partition coefficient (Wildman–Crippen LogP) is 6.36. The van der Waals surface area contributed by atoms with Crippen molar-refractivity contribution in [1.82, 2.24) is 9.88 Å². The molecule has 1 saturated heterocycles. The zero-order valence-corrected chi connectivity index (χ0v) is 23.2. The Bertz CT molecular complexity index is 1370. The second-order valence-corrected chi connectivity index (χ2v) is 11.9. The molecule has 8 heteroatoms. The summed E-state index contributed by atoms with van der Waals surface area (Å²) in [6, 6.07) is 18.6. The van der Waals surface area contributed by atoms with E-state index in [0.717, 1.165) is 29.3 Å². The summed E-state index contributed by atoms with van der Waals surface area (Å²) < 4.78 is 12.9. The van der Waals surface area contributed by atoms with E-state index in [1.54, 1.807) is 12.4 Å². The van der Waals surface area contributed by atoms with Gasteiger partial charge in [0.2, 0.25) is 0 Å². The maximum atomic E-state index is 13.4. The number of benzene rings is 2. The number of carbonyl (C=O) groups is 2. The molecule has 2 unspecified atom stereocenters. The van der Waals surface area contributed by atoms with E-state index < -0.39 is 11.6 Å². The highest BCUT2D eigenvalue weighted by atomic mass is 79.9. The third kappa shape index (κ3) is 4.85. The molecule has 0 bridgehead atoms. The number of hydrogen-bond acceptors (Lipinski definition) is 5. The minimum Gasteiger partial charge on any atom is -0.480 e. The van der Waals surface area contributed by atoms with Crippen molar-refractivity contribution in [3.05, 3.63) is 88.2 Å². The maximum Gasteiger partial charge on any atom is 0.409 e. The zero-order chi connectivity index (χ0) is 27.0. The molecule has 1 spiro atoms. The van der Waals surface area contributed by atoms with Gasteiger partial charge in [0.05, 0.1) is 5.60 Å². The number of carbonyl (C=O) groups excluding carboxylic acids is 1. The third-order valence-corrected chi connectivity index (χ3v) is 9.34. The van der Waals surface area contributed by atoms with Crippen LogP contribution in [0.25, 0.3) is 11.1 Å². The van der Waals surface area contributed by atoms with Crippen LogP contribution in [0.1, 0.15) is 54.7 Å². The van der Waals surface area contributed by atoms with Gasteiger partial charge in [-0.25, -0.2) is 9.59 Å². The Balaban J connectivity index is 1.17. The lowest BCUT2D eigenvalue weighted by Gasteiger charge is -2.41. The Morgan fingerprint density at radius 3 is 2.44 bits per heavy atom. The number of aliphatic carboxylic acids is 1. The molecule has 2 fully saturated rings. The highest BCUT2D eigenvalue weighted by molar-refractivity contribution is 9.10. The van der Waals surface area contributed by atoms with Crippen LogP contribution in [0.4, 0.5) is 4.79 Å². The first-order valence-electron chi connectivity index (χ1n) is 13.5. The molecule has 2 heterocycles. The first-order chi connectivity index (χ1) is 18.9. The Morgan fingerprint density at radius 2 is 1.74 bits per heavy atom. The summed E-state index contributed by atoms with van der Waals surface area (Å²) >= 11 is 3.60. The van der Waals surface area contributed by atoms with E-state index in [1.165, 1.54) is 22.3 Å². The van der Waals surface area contributed by atoms with Crippen LogP contribution in [-0.4, -0.2) is 53.4 Å². The molecule has 6 rings (SSSR count). The van der Waals surface area contributed by atoms with Gasteiger partial charge < -0.3 is 19.5 Å². The number of rotatable bonds is 6. The van der Waals surface area contributed by atoms with Crippen molar-refractivity contribution in [2.24, 2.45) is 5.41 Å². The highest BCUT2D eigenvalue weighted by Gasteiger charge is 2.53. The van der Waals surface area contributed by atoms with Crippen molar-refractivity contribution in [2.75, 3.05) is 26.3 Å². The largest absolute Gasteiger partial charge is 0.480 e.